The molecule has 2 aliphatic carbocycles. The highest BCUT2D eigenvalue weighted by Crippen LogP contribution is 2.51. The van der Waals surface area contributed by atoms with Gasteiger partial charge in [0.15, 0.2) is 5.54 Å². The van der Waals surface area contributed by atoms with Crippen LogP contribution in [-0.2, 0) is 15.1 Å². The second-order valence-electron chi connectivity index (χ2n) is 9.61. The zero-order valence-corrected chi connectivity index (χ0v) is 19.8. The Labute approximate surface area is 198 Å². The Morgan fingerprint density at radius 2 is 1.76 bits per heavy atom. The summed E-state index contributed by atoms with van der Waals surface area (Å²) in [6.45, 7) is 3.50. The van der Waals surface area contributed by atoms with Crippen molar-refractivity contribution >= 4 is 29.1 Å². The van der Waals surface area contributed by atoms with Crippen molar-refractivity contribution < 1.29 is 14.0 Å². The minimum atomic E-state index is -2.31. The molecule has 2 aromatic rings. The Balaban J connectivity index is 1.69. The van der Waals surface area contributed by atoms with Gasteiger partial charge in [-0.1, -0.05) is 35.7 Å². The Morgan fingerprint density at radius 3 is 2.27 bits per heavy atom. The van der Waals surface area contributed by atoms with Gasteiger partial charge in [-0.05, 0) is 69.9 Å². The number of hydrogen-bond acceptors (Lipinski definition) is 4. The van der Waals surface area contributed by atoms with Crippen molar-refractivity contribution in [2.24, 2.45) is 5.41 Å². The number of carbonyl (C=O) groups excluding carboxylic acids is 2. The number of nitrogens with one attached hydrogen (secondary N) is 1. The molecular weight excluding hydrogens is 443 g/mol. The number of aryl methyl sites for hydroxylation is 1. The van der Waals surface area contributed by atoms with E-state index in [0.29, 0.717) is 16.7 Å². The van der Waals surface area contributed by atoms with Crippen molar-refractivity contribution in [2.45, 2.75) is 76.0 Å². The fourth-order valence-electron chi connectivity index (χ4n) is 5.19. The fourth-order valence-corrected chi connectivity index (χ4v) is 5.28. The SMILES string of the molecule is Cc1ccc(N(C(=O)[C@H](F)Cl)[C@](C)(C(=O)NC2CCC3(CCC3)CC2)c2cncnc2)cc1. The number of rotatable bonds is 6. The summed E-state index contributed by atoms with van der Waals surface area (Å²) in [4.78, 5) is 36.2. The second-order valence-corrected chi connectivity index (χ2v) is 9.99. The maximum Gasteiger partial charge on any atom is 0.278 e. The topological polar surface area (TPSA) is 75.2 Å². The molecule has 1 N–H and O–H groups in total. The van der Waals surface area contributed by atoms with Crippen molar-refractivity contribution in [2.75, 3.05) is 4.90 Å². The lowest BCUT2D eigenvalue weighted by Gasteiger charge is -2.48. The van der Waals surface area contributed by atoms with E-state index in [1.165, 1.54) is 38.0 Å². The van der Waals surface area contributed by atoms with Gasteiger partial charge in [-0.3, -0.25) is 14.5 Å². The van der Waals surface area contributed by atoms with E-state index >= 15 is 0 Å². The highest BCUT2D eigenvalue weighted by Gasteiger charge is 2.48. The summed E-state index contributed by atoms with van der Waals surface area (Å²) < 4.78 is 14.2. The number of carbonyl (C=O) groups is 2. The van der Waals surface area contributed by atoms with Crippen LogP contribution in [0.2, 0.25) is 0 Å². The summed E-state index contributed by atoms with van der Waals surface area (Å²) in [5.74, 6) is -1.42. The third kappa shape index (κ3) is 4.60. The van der Waals surface area contributed by atoms with Gasteiger partial charge in [0.25, 0.3) is 17.4 Å². The fraction of sp³-hybridized carbons (Fsp3) is 0.520. The quantitative estimate of drug-likeness (QED) is 0.613. The minimum absolute atomic E-state index is 0.000162. The van der Waals surface area contributed by atoms with Gasteiger partial charge in [0, 0.05) is 29.7 Å². The van der Waals surface area contributed by atoms with Crippen molar-refractivity contribution in [1.82, 2.24) is 15.3 Å². The maximum absolute atomic E-state index is 14.2. The summed E-state index contributed by atoms with van der Waals surface area (Å²) >= 11 is 5.63. The molecular formula is C25H30ClFN4O2. The molecule has 8 heteroatoms. The average molecular weight is 473 g/mol. The molecule has 0 radical (unpaired) electrons. The third-order valence-corrected chi connectivity index (χ3v) is 7.69. The lowest BCUT2D eigenvalue weighted by Crippen LogP contribution is -2.60. The van der Waals surface area contributed by atoms with E-state index in [2.05, 4.69) is 15.3 Å². The lowest BCUT2D eigenvalue weighted by molar-refractivity contribution is -0.132. The molecule has 6 nitrogen and oxygen atoms in total. The van der Waals surface area contributed by atoms with Crippen LogP contribution in [0.5, 0.6) is 0 Å². The predicted molar refractivity (Wildman–Crippen MR) is 125 cm³/mol. The lowest BCUT2D eigenvalue weighted by atomic mass is 9.60. The zero-order valence-electron chi connectivity index (χ0n) is 19.1. The van der Waals surface area contributed by atoms with E-state index in [1.54, 1.807) is 31.2 Å². The van der Waals surface area contributed by atoms with Crippen LogP contribution in [0, 0.1) is 12.3 Å². The predicted octanol–water partition coefficient (Wildman–Crippen LogP) is 4.80. The molecule has 0 unspecified atom stereocenters. The maximum atomic E-state index is 14.2. The number of nitrogens with zero attached hydrogens (tertiary/aromatic N) is 3. The average Bonchev–Trinajstić information content (AvgIpc) is 2.80. The number of alkyl halides is 2. The highest BCUT2D eigenvalue weighted by atomic mass is 35.5. The third-order valence-electron chi connectivity index (χ3n) is 7.51. The molecule has 0 bridgehead atoms. The van der Waals surface area contributed by atoms with Crippen molar-refractivity contribution in [1.29, 1.82) is 0 Å². The van der Waals surface area contributed by atoms with Crippen LogP contribution in [0.3, 0.4) is 0 Å². The molecule has 0 saturated heterocycles. The van der Waals surface area contributed by atoms with E-state index in [0.717, 1.165) is 36.1 Å². The number of halogens is 2. The molecule has 2 aliphatic rings. The molecule has 33 heavy (non-hydrogen) atoms. The number of amides is 2. The normalized spacial score (nSPS) is 20.4. The molecule has 1 aromatic carbocycles. The van der Waals surface area contributed by atoms with Gasteiger partial charge >= 0.3 is 0 Å². The van der Waals surface area contributed by atoms with Gasteiger partial charge in [0.1, 0.15) is 6.33 Å². The Bertz CT molecular complexity index is 987. The van der Waals surface area contributed by atoms with Crippen LogP contribution >= 0.6 is 11.6 Å². The first-order valence-corrected chi connectivity index (χ1v) is 11.9. The largest absolute Gasteiger partial charge is 0.351 e. The first-order chi connectivity index (χ1) is 15.7. The van der Waals surface area contributed by atoms with E-state index in [1.807, 2.05) is 6.92 Å². The van der Waals surface area contributed by atoms with Crippen LogP contribution in [0.15, 0.2) is 43.0 Å². The van der Waals surface area contributed by atoms with Gasteiger partial charge in [0.2, 0.25) is 0 Å². The van der Waals surface area contributed by atoms with Crippen molar-refractivity contribution in [3.63, 3.8) is 0 Å². The number of hydrogen-bond donors (Lipinski definition) is 1. The van der Waals surface area contributed by atoms with Crippen molar-refractivity contribution in [3.8, 4) is 0 Å². The molecule has 2 fully saturated rings. The molecule has 2 amide bonds. The molecule has 1 spiro atoms. The van der Waals surface area contributed by atoms with Gasteiger partial charge in [-0.15, -0.1) is 0 Å². The van der Waals surface area contributed by atoms with Crippen LogP contribution in [0.4, 0.5) is 10.1 Å². The van der Waals surface area contributed by atoms with E-state index in [9.17, 15) is 14.0 Å². The zero-order chi connectivity index (χ0) is 23.6. The Kier molecular flexibility index (Phi) is 6.71. The summed E-state index contributed by atoms with van der Waals surface area (Å²) in [6.07, 6.45) is 12.1. The van der Waals surface area contributed by atoms with Gasteiger partial charge in [0.05, 0.1) is 0 Å². The number of benzene rings is 1. The highest BCUT2D eigenvalue weighted by molar-refractivity contribution is 6.32. The Hall–Kier alpha value is -2.54. The molecule has 176 valence electrons. The molecule has 0 aliphatic heterocycles. The summed E-state index contributed by atoms with van der Waals surface area (Å²) in [7, 11) is 0. The first-order valence-electron chi connectivity index (χ1n) is 11.5. The monoisotopic (exact) mass is 472 g/mol. The first kappa shape index (κ1) is 23.6. The van der Waals surface area contributed by atoms with Gasteiger partial charge < -0.3 is 5.32 Å². The van der Waals surface area contributed by atoms with Crippen molar-refractivity contribution in [3.05, 3.63) is 54.1 Å². The van der Waals surface area contributed by atoms with E-state index < -0.39 is 23.0 Å². The molecule has 2 atom stereocenters. The standard InChI is InChI=1S/C25H30ClFN4O2/c1-17-4-6-20(7-5-17)31(22(32)21(26)27)24(2,18-14-28-16-29-15-18)23(33)30-19-8-12-25(13-9-19)10-3-11-25/h4-7,14-16,19,21H,3,8-13H2,1-2H3,(H,30,33)/t21-,24-/m0/s1. The van der Waals surface area contributed by atoms with Crippen LogP contribution in [-0.4, -0.2) is 33.5 Å². The molecule has 1 aromatic heterocycles. The molecule has 1 heterocycles. The number of aromatic nitrogens is 2. The number of anilines is 1. The smallest absolute Gasteiger partial charge is 0.278 e. The molecule has 2 saturated carbocycles. The van der Waals surface area contributed by atoms with E-state index in [-0.39, 0.29) is 6.04 Å². The second kappa shape index (κ2) is 9.37. The molecule has 4 rings (SSSR count). The Morgan fingerprint density at radius 1 is 1.15 bits per heavy atom. The summed E-state index contributed by atoms with van der Waals surface area (Å²) in [5.41, 5.74) is -1.74. The summed E-state index contributed by atoms with van der Waals surface area (Å²) in [5, 5.41) is 3.15. The van der Waals surface area contributed by atoms with Gasteiger partial charge in [-0.25, -0.2) is 14.4 Å². The van der Waals surface area contributed by atoms with Crippen LogP contribution in [0.1, 0.15) is 63.0 Å². The van der Waals surface area contributed by atoms with Gasteiger partial charge in [-0.2, -0.15) is 0 Å². The van der Waals surface area contributed by atoms with Crippen LogP contribution < -0.4 is 10.2 Å². The minimum Gasteiger partial charge on any atom is -0.351 e. The van der Waals surface area contributed by atoms with E-state index in [4.69, 9.17) is 11.6 Å². The summed E-state index contributed by atoms with van der Waals surface area (Å²) in [6, 6.07) is 6.97. The van der Waals surface area contributed by atoms with Crippen LogP contribution in [0.25, 0.3) is 0 Å².